The SMILES string of the molecule is CC[C@@H]1CCC[C@@H]1NC(=O)N[C@@H]1CCCn2nc(COC)nc21. The number of nitrogens with zero attached hydrogens (tertiary/aromatic N) is 3. The van der Waals surface area contributed by atoms with Gasteiger partial charge in [0, 0.05) is 19.7 Å². The number of urea groups is 1. The number of aryl methyl sites for hydroxylation is 1. The molecule has 7 nitrogen and oxygen atoms in total. The third-order valence-electron chi connectivity index (χ3n) is 5.00. The Hall–Kier alpha value is -1.63. The summed E-state index contributed by atoms with van der Waals surface area (Å²) in [6.07, 6.45) is 6.55. The molecule has 2 amide bonds. The minimum atomic E-state index is -0.0786. The fraction of sp³-hybridized carbons (Fsp3) is 0.812. The summed E-state index contributed by atoms with van der Waals surface area (Å²) in [7, 11) is 1.63. The highest BCUT2D eigenvalue weighted by molar-refractivity contribution is 5.74. The van der Waals surface area contributed by atoms with Crippen LogP contribution in [0.15, 0.2) is 0 Å². The minimum Gasteiger partial charge on any atom is -0.377 e. The van der Waals surface area contributed by atoms with E-state index >= 15 is 0 Å². The molecule has 0 radical (unpaired) electrons. The van der Waals surface area contributed by atoms with E-state index in [-0.39, 0.29) is 12.1 Å². The van der Waals surface area contributed by atoms with Crippen molar-refractivity contribution >= 4 is 6.03 Å². The van der Waals surface area contributed by atoms with Gasteiger partial charge in [0.1, 0.15) is 12.4 Å². The van der Waals surface area contributed by atoms with E-state index in [1.165, 1.54) is 12.8 Å². The number of carbonyl (C=O) groups excluding carboxylic acids is 1. The van der Waals surface area contributed by atoms with Gasteiger partial charge in [-0.2, -0.15) is 5.10 Å². The molecule has 2 N–H and O–H groups in total. The van der Waals surface area contributed by atoms with E-state index in [0.717, 1.165) is 38.1 Å². The third kappa shape index (κ3) is 3.65. The van der Waals surface area contributed by atoms with Crippen molar-refractivity contribution in [2.75, 3.05) is 7.11 Å². The quantitative estimate of drug-likeness (QED) is 0.870. The van der Waals surface area contributed by atoms with Gasteiger partial charge in [0.25, 0.3) is 0 Å². The van der Waals surface area contributed by atoms with Crippen LogP contribution in [0.4, 0.5) is 4.79 Å². The molecule has 128 valence electrons. The molecule has 2 aliphatic rings. The van der Waals surface area contributed by atoms with Crippen molar-refractivity contribution < 1.29 is 9.53 Å². The number of nitrogens with one attached hydrogen (secondary N) is 2. The smallest absolute Gasteiger partial charge is 0.315 e. The molecule has 1 aliphatic heterocycles. The van der Waals surface area contributed by atoms with Gasteiger partial charge in [0.2, 0.25) is 0 Å². The molecule has 2 heterocycles. The third-order valence-corrected chi connectivity index (χ3v) is 5.00. The van der Waals surface area contributed by atoms with Crippen molar-refractivity contribution in [1.82, 2.24) is 25.4 Å². The standard InChI is InChI=1S/C16H27N5O2/c1-3-11-6-4-7-12(11)17-16(22)18-13-8-5-9-21-15(13)19-14(20-21)10-23-2/h11-13H,3-10H2,1-2H3,(H2,17,18,22)/t11-,12+,13-/m1/s1. The average molecular weight is 321 g/mol. The van der Waals surface area contributed by atoms with Crippen LogP contribution in [0.2, 0.25) is 0 Å². The van der Waals surface area contributed by atoms with E-state index in [9.17, 15) is 4.79 Å². The first-order valence-electron chi connectivity index (χ1n) is 8.70. The molecule has 1 aromatic rings. The van der Waals surface area contributed by atoms with Crippen molar-refractivity contribution in [2.24, 2.45) is 5.92 Å². The second-order valence-corrected chi connectivity index (χ2v) is 6.56. The number of hydrogen-bond donors (Lipinski definition) is 2. The van der Waals surface area contributed by atoms with Gasteiger partial charge >= 0.3 is 6.03 Å². The molecule has 3 atom stereocenters. The number of rotatable bonds is 5. The predicted molar refractivity (Wildman–Crippen MR) is 85.8 cm³/mol. The first-order chi connectivity index (χ1) is 11.2. The summed E-state index contributed by atoms with van der Waals surface area (Å²) in [5, 5.41) is 10.7. The van der Waals surface area contributed by atoms with Crippen molar-refractivity contribution in [3.8, 4) is 0 Å². The largest absolute Gasteiger partial charge is 0.377 e. The Balaban J connectivity index is 1.61. The maximum Gasteiger partial charge on any atom is 0.315 e. The highest BCUT2D eigenvalue weighted by atomic mass is 16.5. The Labute approximate surface area is 137 Å². The van der Waals surface area contributed by atoms with Gasteiger partial charge in [0.15, 0.2) is 5.82 Å². The van der Waals surface area contributed by atoms with Crippen LogP contribution < -0.4 is 10.6 Å². The Morgan fingerprint density at radius 2 is 2.17 bits per heavy atom. The van der Waals surface area contributed by atoms with Crippen molar-refractivity contribution in [2.45, 2.75) is 70.7 Å². The average Bonchev–Trinajstić information content (AvgIpc) is 3.14. The van der Waals surface area contributed by atoms with Crippen molar-refractivity contribution in [3.63, 3.8) is 0 Å². The van der Waals surface area contributed by atoms with Crippen LogP contribution in [0.1, 0.15) is 63.1 Å². The summed E-state index contributed by atoms with van der Waals surface area (Å²) in [5.74, 6) is 2.14. The summed E-state index contributed by atoms with van der Waals surface area (Å²) in [5.41, 5.74) is 0. The van der Waals surface area contributed by atoms with E-state index in [0.29, 0.717) is 24.4 Å². The highest BCUT2D eigenvalue weighted by Crippen LogP contribution is 2.28. The van der Waals surface area contributed by atoms with Gasteiger partial charge in [-0.05, 0) is 31.6 Å². The van der Waals surface area contributed by atoms with E-state index in [1.54, 1.807) is 7.11 Å². The fourth-order valence-corrected chi connectivity index (χ4v) is 3.81. The zero-order chi connectivity index (χ0) is 16.2. The lowest BCUT2D eigenvalue weighted by atomic mass is 10.0. The second kappa shape index (κ2) is 7.29. The molecule has 7 heteroatoms. The van der Waals surface area contributed by atoms with Gasteiger partial charge < -0.3 is 15.4 Å². The zero-order valence-corrected chi connectivity index (χ0v) is 14.0. The summed E-state index contributed by atoms with van der Waals surface area (Å²) < 4.78 is 6.99. The van der Waals surface area contributed by atoms with Gasteiger partial charge in [-0.15, -0.1) is 0 Å². The molecule has 0 saturated heterocycles. The molecule has 0 unspecified atom stereocenters. The van der Waals surface area contributed by atoms with Crippen LogP contribution >= 0.6 is 0 Å². The molecule has 1 aliphatic carbocycles. The Kier molecular flexibility index (Phi) is 5.15. The second-order valence-electron chi connectivity index (χ2n) is 6.56. The minimum absolute atomic E-state index is 0.0664. The number of hydrogen-bond acceptors (Lipinski definition) is 4. The topological polar surface area (TPSA) is 81.1 Å². The summed E-state index contributed by atoms with van der Waals surface area (Å²) in [4.78, 5) is 16.9. The normalized spacial score (nSPS) is 26.8. The van der Waals surface area contributed by atoms with Gasteiger partial charge in [-0.1, -0.05) is 19.8 Å². The predicted octanol–water partition coefficient (Wildman–Crippen LogP) is 2.14. The highest BCUT2D eigenvalue weighted by Gasteiger charge is 2.29. The number of ether oxygens (including phenoxy) is 1. The molecule has 1 saturated carbocycles. The number of amides is 2. The lowest BCUT2D eigenvalue weighted by Crippen LogP contribution is -2.45. The summed E-state index contributed by atoms with van der Waals surface area (Å²) in [6, 6.07) is 0.166. The number of methoxy groups -OCH3 is 1. The molecule has 0 spiro atoms. The molecule has 23 heavy (non-hydrogen) atoms. The van der Waals surface area contributed by atoms with E-state index in [4.69, 9.17) is 4.74 Å². The maximum atomic E-state index is 12.4. The zero-order valence-electron chi connectivity index (χ0n) is 14.0. The molecular formula is C16H27N5O2. The number of carbonyl (C=O) groups is 1. The van der Waals surface area contributed by atoms with Gasteiger partial charge in [-0.25, -0.2) is 14.5 Å². The lowest BCUT2D eigenvalue weighted by Gasteiger charge is -2.25. The molecule has 0 bridgehead atoms. The fourth-order valence-electron chi connectivity index (χ4n) is 3.81. The van der Waals surface area contributed by atoms with E-state index in [2.05, 4.69) is 27.6 Å². The first kappa shape index (κ1) is 16.2. The van der Waals surface area contributed by atoms with Crippen LogP contribution in [-0.4, -0.2) is 33.9 Å². The van der Waals surface area contributed by atoms with Crippen LogP contribution in [-0.2, 0) is 17.9 Å². The number of aromatic nitrogens is 3. The first-order valence-corrected chi connectivity index (χ1v) is 8.70. The van der Waals surface area contributed by atoms with E-state index in [1.807, 2.05) is 4.68 Å². The monoisotopic (exact) mass is 321 g/mol. The summed E-state index contributed by atoms with van der Waals surface area (Å²) in [6.45, 7) is 3.45. The van der Waals surface area contributed by atoms with Crippen molar-refractivity contribution in [1.29, 1.82) is 0 Å². The van der Waals surface area contributed by atoms with Gasteiger partial charge in [0.05, 0.1) is 6.04 Å². The van der Waals surface area contributed by atoms with Crippen LogP contribution in [0.25, 0.3) is 0 Å². The molecule has 1 fully saturated rings. The molecule has 3 rings (SSSR count). The van der Waals surface area contributed by atoms with Gasteiger partial charge in [-0.3, -0.25) is 0 Å². The summed E-state index contributed by atoms with van der Waals surface area (Å²) >= 11 is 0. The maximum absolute atomic E-state index is 12.4. The van der Waals surface area contributed by atoms with E-state index < -0.39 is 0 Å². The van der Waals surface area contributed by atoms with Crippen LogP contribution in [0.5, 0.6) is 0 Å². The van der Waals surface area contributed by atoms with Crippen LogP contribution in [0, 0.1) is 5.92 Å². The molecule has 1 aromatic heterocycles. The van der Waals surface area contributed by atoms with Crippen molar-refractivity contribution in [3.05, 3.63) is 11.6 Å². The Morgan fingerprint density at radius 1 is 1.30 bits per heavy atom. The Morgan fingerprint density at radius 3 is 2.96 bits per heavy atom. The van der Waals surface area contributed by atoms with Crippen LogP contribution in [0.3, 0.4) is 0 Å². The molecule has 0 aromatic carbocycles. The molecular weight excluding hydrogens is 294 g/mol. The lowest BCUT2D eigenvalue weighted by molar-refractivity contribution is 0.177. The number of fused-ring (bicyclic) bond motifs is 1. The Bertz CT molecular complexity index is 545.